The van der Waals surface area contributed by atoms with Crippen molar-refractivity contribution >= 4 is 21.7 Å². The highest BCUT2D eigenvalue weighted by atomic mass is 32.2. The van der Waals surface area contributed by atoms with E-state index in [1.54, 1.807) is 7.05 Å². The second kappa shape index (κ2) is 7.34. The van der Waals surface area contributed by atoms with Gasteiger partial charge < -0.3 is 9.64 Å². The molecule has 0 spiro atoms. The van der Waals surface area contributed by atoms with Crippen molar-refractivity contribution in [2.45, 2.75) is 38.8 Å². The predicted molar refractivity (Wildman–Crippen MR) is 90.3 cm³/mol. The fourth-order valence-corrected chi connectivity index (χ4v) is 4.48. The molecule has 1 aliphatic rings. The zero-order valence-electron chi connectivity index (χ0n) is 14.2. The molecule has 1 aromatic rings. The van der Waals surface area contributed by atoms with Crippen molar-refractivity contribution in [1.82, 2.24) is 4.90 Å². The molecule has 1 fully saturated rings. The van der Waals surface area contributed by atoms with E-state index in [9.17, 15) is 18.0 Å². The van der Waals surface area contributed by atoms with Gasteiger partial charge >= 0.3 is 5.97 Å². The topological polar surface area (TPSA) is 80.8 Å². The molecule has 1 aliphatic heterocycles. The second-order valence-corrected chi connectivity index (χ2v) is 8.53. The Bertz CT molecular complexity index is 711. The molecule has 0 aromatic heterocycles. The first-order chi connectivity index (χ1) is 11.2. The van der Waals surface area contributed by atoms with Crippen LogP contribution < -0.4 is 0 Å². The first-order valence-corrected chi connectivity index (χ1v) is 9.72. The van der Waals surface area contributed by atoms with Gasteiger partial charge in [-0.3, -0.25) is 9.59 Å². The van der Waals surface area contributed by atoms with Crippen LogP contribution in [0.15, 0.2) is 24.3 Å². The van der Waals surface area contributed by atoms with Crippen LogP contribution in [-0.2, 0) is 30.6 Å². The van der Waals surface area contributed by atoms with Crippen LogP contribution >= 0.6 is 0 Å². The quantitative estimate of drug-likeness (QED) is 0.741. The van der Waals surface area contributed by atoms with E-state index in [4.69, 9.17) is 4.74 Å². The van der Waals surface area contributed by atoms with E-state index in [1.807, 2.05) is 31.2 Å². The molecular weight excluding hydrogens is 330 g/mol. The van der Waals surface area contributed by atoms with E-state index in [1.165, 1.54) is 11.8 Å². The zero-order chi connectivity index (χ0) is 17.9. The average molecular weight is 353 g/mol. The van der Waals surface area contributed by atoms with Gasteiger partial charge in [0.15, 0.2) is 15.9 Å². The largest absolute Gasteiger partial charge is 0.452 e. The van der Waals surface area contributed by atoms with E-state index < -0.39 is 21.9 Å². The van der Waals surface area contributed by atoms with Crippen molar-refractivity contribution in [1.29, 1.82) is 0 Å². The summed E-state index contributed by atoms with van der Waals surface area (Å²) >= 11 is 0. The van der Waals surface area contributed by atoms with Crippen LogP contribution in [0.2, 0.25) is 0 Å². The number of carbonyl (C=O) groups is 2. The standard InChI is InChI=1S/C17H23NO5S/c1-12-4-6-14(7-5-12)10-16(19)23-13(2)17(20)18(3)15-8-9-24(21,22)11-15/h4-7,13,15H,8-11H2,1-3H3. The summed E-state index contributed by atoms with van der Waals surface area (Å²) in [5.41, 5.74) is 1.92. The number of esters is 1. The fourth-order valence-electron chi connectivity index (χ4n) is 2.71. The summed E-state index contributed by atoms with van der Waals surface area (Å²) in [4.78, 5) is 25.7. The number of hydrogen-bond acceptors (Lipinski definition) is 5. The lowest BCUT2D eigenvalue weighted by Crippen LogP contribution is -2.44. The molecule has 2 rings (SSSR count). The molecule has 0 saturated carbocycles. The number of rotatable bonds is 5. The maximum atomic E-state index is 12.3. The third kappa shape index (κ3) is 4.80. The van der Waals surface area contributed by atoms with Crippen LogP contribution in [0, 0.1) is 6.92 Å². The Kier molecular flexibility index (Phi) is 5.64. The number of sulfone groups is 1. The summed E-state index contributed by atoms with van der Waals surface area (Å²) in [6.45, 7) is 3.47. The summed E-state index contributed by atoms with van der Waals surface area (Å²) in [5, 5.41) is 0. The Hall–Kier alpha value is -1.89. The molecule has 0 radical (unpaired) electrons. The lowest BCUT2D eigenvalue weighted by Gasteiger charge is -2.26. The number of likely N-dealkylation sites (N-methyl/N-ethyl adjacent to an activating group) is 1. The van der Waals surface area contributed by atoms with Gasteiger partial charge in [0.1, 0.15) is 0 Å². The van der Waals surface area contributed by atoms with Gasteiger partial charge in [0.2, 0.25) is 0 Å². The molecule has 0 aliphatic carbocycles. The molecule has 1 heterocycles. The van der Waals surface area contributed by atoms with Gasteiger partial charge in [0.05, 0.1) is 17.9 Å². The monoisotopic (exact) mass is 353 g/mol. The van der Waals surface area contributed by atoms with Crippen LogP contribution in [0.25, 0.3) is 0 Å². The van der Waals surface area contributed by atoms with Gasteiger partial charge in [-0.15, -0.1) is 0 Å². The summed E-state index contributed by atoms with van der Waals surface area (Å²) in [6, 6.07) is 7.16. The number of ether oxygens (including phenoxy) is 1. The van der Waals surface area contributed by atoms with E-state index in [0.717, 1.165) is 11.1 Å². The third-order valence-corrected chi connectivity index (χ3v) is 5.98. The molecule has 0 N–H and O–H groups in total. The summed E-state index contributed by atoms with van der Waals surface area (Å²) in [6.07, 6.45) is -0.412. The van der Waals surface area contributed by atoms with Crippen molar-refractivity contribution in [2.75, 3.05) is 18.6 Å². The van der Waals surface area contributed by atoms with Crippen LogP contribution in [-0.4, -0.2) is 55.9 Å². The van der Waals surface area contributed by atoms with Crippen LogP contribution in [0.5, 0.6) is 0 Å². The summed E-state index contributed by atoms with van der Waals surface area (Å²) in [7, 11) is -1.51. The Balaban J connectivity index is 1.88. The van der Waals surface area contributed by atoms with Gasteiger partial charge in [0, 0.05) is 13.1 Å². The third-order valence-electron chi connectivity index (χ3n) is 4.23. The predicted octanol–water partition coefficient (Wildman–Crippen LogP) is 1.11. The molecule has 132 valence electrons. The molecule has 0 bridgehead atoms. The molecule has 7 heteroatoms. The minimum atomic E-state index is -3.07. The molecule has 1 saturated heterocycles. The van der Waals surface area contributed by atoms with Gasteiger partial charge in [0.25, 0.3) is 5.91 Å². The van der Waals surface area contributed by atoms with Crippen molar-refractivity contribution in [3.05, 3.63) is 35.4 Å². The van der Waals surface area contributed by atoms with Crippen LogP contribution in [0.1, 0.15) is 24.5 Å². The maximum Gasteiger partial charge on any atom is 0.311 e. The maximum absolute atomic E-state index is 12.3. The Morgan fingerprint density at radius 2 is 1.92 bits per heavy atom. The van der Waals surface area contributed by atoms with E-state index in [2.05, 4.69) is 0 Å². The minimum absolute atomic E-state index is 0.0285. The number of benzene rings is 1. The Labute approximate surface area is 142 Å². The first kappa shape index (κ1) is 18.4. The molecular formula is C17H23NO5S. The number of hydrogen-bond donors (Lipinski definition) is 0. The van der Waals surface area contributed by atoms with E-state index in [0.29, 0.717) is 6.42 Å². The Morgan fingerprint density at radius 3 is 2.46 bits per heavy atom. The fraction of sp³-hybridized carbons (Fsp3) is 0.529. The van der Waals surface area contributed by atoms with Crippen molar-refractivity contribution in [3.63, 3.8) is 0 Å². The molecule has 24 heavy (non-hydrogen) atoms. The minimum Gasteiger partial charge on any atom is -0.452 e. The normalized spacial score (nSPS) is 20.4. The highest BCUT2D eigenvalue weighted by Crippen LogP contribution is 2.18. The number of aryl methyl sites for hydroxylation is 1. The second-order valence-electron chi connectivity index (χ2n) is 6.30. The van der Waals surface area contributed by atoms with E-state index >= 15 is 0 Å². The molecule has 2 atom stereocenters. The van der Waals surface area contributed by atoms with Crippen molar-refractivity contribution in [3.8, 4) is 0 Å². The molecule has 2 unspecified atom stereocenters. The molecule has 1 aromatic carbocycles. The number of carbonyl (C=O) groups excluding carboxylic acids is 2. The van der Waals surface area contributed by atoms with Crippen LogP contribution in [0.3, 0.4) is 0 Å². The summed E-state index contributed by atoms with van der Waals surface area (Å²) < 4.78 is 28.2. The highest BCUT2D eigenvalue weighted by Gasteiger charge is 2.34. The SMILES string of the molecule is Cc1ccc(CC(=O)OC(C)C(=O)N(C)C2CCS(=O)(=O)C2)cc1. The number of amides is 1. The van der Waals surface area contributed by atoms with Crippen molar-refractivity contribution < 1.29 is 22.7 Å². The highest BCUT2D eigenvalue weighted by molar-refractivity contribution is 7.91. The summed E-state index contributed by atoms with van der Waals surface area (Å²) in [5.74, 6) is -0.794. The lowest BCUT2D eigenvalue weighted by molar-refractivity contribution is -0.158. The van der Waals surface area contributed by atoms with Gasteiger partial charge in [-0.2, -0.15) is 0 Å². The molecule has 6 nitrogen and oxygen atoms in total. The zero-order valence-corrected chi connectivity index (χ0v) is 15.0. The number of nitrogens with zero attached hydrogens (tertiary/aromatic N) is 1. The van der Waals surface area contributed by atoms with Gasteiger partial charge in [-0.25, -0.2) is 8.42 Å². The average Bonchev–Trinajstić information content (AvgIpc) is 2.88. The van der Waals surface area contributed by atoms with E-state index in [-0.39, 0.29) is 29.9 Å². The smallest absolute Gasteiger partial charge is 0.311 e. The molecule has 1 amide bonds. The van der Waals surface area contributed by atoms with Crippen LogP contribution in [0.4, 0.5) is 0 Å². The van der Waals surface area contributed by atoms with Gasteiger partial charge in [-0.1, -0.05) is 29.8 Å². The van der Waals surface area contributed by atoms with Gasteiger partial charge in [-0.05, 0) is 25.8 Å². The Morgan fingerprint density at radius 1 is 1.29 bits per heavy atom. The van der Waals surface area contributed by atoms with Crippen molar-refractivity contribution in [2.24, 2.45) is 0 Å². The first-order valence-electron chi connectivity index (χ1n) is 7.90. The lowest BCUT2D eigenvalue weighted by atomic mass is 10.1.